The second-order valence-corrected chi connectivity index (χ2v) is 3.14. The third-order valence-electron chi connectivity index (χ3n) is 2.21. The Labute approximate surface area is 77.1 Å². The Kier molecular flexibility index (Phi) is 2.52. The molecule has 1 aliphatic heterocycles. The van der Waals surface area contributed by atoms with E-state index < -0.39 is 0 Å². The van der Waals surface area contributed by atoms with Crippen LogP contribution in [0.4, 0.5) is 0 Å². The summed E-state index contributed by atoms with van der Waals surface area (Å²) in [6, 6.07) is 0. The van der Waals surface area contributed by atoms with Crippen molar-refractivity contribution in [3.63, 3.8) is 0 Å². The Hall–Kier alpha value is -1.00. The predicted molar refractivity (Wildman–Crippen MR) is 47.9 cm³/mol. The maximum absolute atomic E-state index is 5.50. The van der Waals surface area contributed by atoms with Gasteiger partial charge >= 0.3 is 0 Å². The molecule has 4 heteroatoms. The summed E-state index contributed by atoms with van der Waals surface area (Å²) in [7, 11) is 0. The van der Waals surface area contributed by atoms with Crippen LogP contribution in [0.1, 0.15) is 30.3 Å². The van der Waals surface area contributed by atoms with Gasteiger partial charge in [-0.05, 0) is 12.8 Å². The molecule has 1 aliphatic rings. The van der Waals surface area contributed by atoms with Gasteiger partial charge in [0.2, 0.25) is 0 Å². The second-order valence-electron chi connectivity index (χ2n) is 3.14. The summed E-state index contributed by atoms with van der Waals surface area (Å²) >= 11 is 0. The fourth-order valence-corrected chi connectivity index (χ4v) is 1.48. The van der Waals surface area contributed by atoms with Crippen molar-refractivity contribution in [3.05, 3.63) is 23.8 Å². The average molecular weight is 179 g/mol. The molecule has 0 spiro atoms. The molecule has 1 aromatic rings. The lowest BCUT2D eigenvalue weighted by Gasteiger charge is -2.08. The quantitative estimate of drug-likeness (QED) is 0.729. The third kappa shape index (κ3) is 1.84. The standard InChI is InChI=1S/C9H13N3O/c10-4-9-11-5-7(6-12-9)8-2-1-3-13-8/h5-6,8H,1-4,10H2. The van der Waals surface area contributed by atoms with E-state index in [9.17, 15) is 0 Å². The summed E-state index contributed by atoms with van der Waals surface area (Å²) < 4.78 is 5.50. The molecule has 1 fully saturated rings. The molecule has 0 bridgehead atoms. The van der Waals surface area contributed by atoms with Crippen molar-refractivity contribution in [2.75, 3.05) is 6.61 Å². The molecule has 0 amide bonds. The Morgan fingerprint density at radius 2 is 2.23 bits per heavy atom. The molecule has 0 aromatic carbocycles. The van der Waals surface area contributed by atoms with E-state index in [1.165, 1.54) is 0 Å². The molecule has 4 nitrogen and oxygen atoms in total. The Morgan fingerprint density at radius 1 is 1.46 bits per heavy atom. The van der Waals surface area contributed by atoms with E-state index in [0.29, 0.717) is 12.4 Å². The van der Waals surface area contributed by atoms with Crippen LogP contribution in [-0.4, -0.2) is 16.6 Å². The minimum absolute atomic E-state index is 0.201. The van der Waals surface area contributed by atoms with Crippen LogP contribution in [0.25, 0.3) is 0 Å². The highest BCUT2D eigenvalue weighted by Crippen LogP contribution is 2.27. The maximum Gasteiger partial charge on any atom is 0.141 e. The van der Waals surface area contributed by atoms with Crippen molar-refractivity contribution in [1.82, 2.24) is 9.97 Å². The number of hydrogen-bond donors (Lipinski definition) is 1. The minimum Gasteiger partial charge on any atom is -0.373 e. The van der Waals surface area contributed by atoms with Crippen molar-refractivity contribution >= 4 is 0 Å². The first-order chi connectivity index (χ1) is 6.40. The zero-order valence-electron chi connectivity index (χ0n) is 7.44. The highest BCUT2D eigenvalue weighted by Gasteiger charge is 2.17. The van der Waals surface area contributed by atoms with E-state index in [0.717, 1.165) is 25.0 Å². The van der Waals surface area contributed by atoms with E-state index in [1.54, 1.807) is 0 Å². The number of rotatable bonds is 2. The number of nitrogens with zero attached hydrogens (tertiary/aromatic N) is 2. The lowest BCUT2D eigenvalue weighted by molar-refractivity contribution is 0.111. The SMILES string of the molecule is NCc1ncc(C2CCCO2)cn1. The van der Waals surface area contributed by atoms with E-state index in [-0.39, 0.29) is 6.10 Å². The molecular weight excluding hydrogens is 166 g/mol. The number of aromatic nitrogens is 2. The average Bonchev–Trinajstić information content (AvgIpc) is 2.71. The van der Waals surface area contributed by atoms with Crippen molar-refractivity contribution in [3.8, 4) is 0 Å². The van der Waals surface area contributed by atoms with Crippen LogP contribution in [0.2, 0.25) is 0 Å². The molecule has 0 saturated carbocycles. The monoisotopic (exact) mass is 179 g/mol. The summed E-state index contributed by atoms with van der Waals surface area (Å²) in [6.45, 7) is 1.25. The van der Waals surface area contributed by atoms with Crippen LogP contribution in [0.15, 0.2) is 12.4 Å². The summed E-state index contributed by atoms with van der Waals surface area (Å²) in [6.07, 6.45) is 6.03. The van der Waals surface area contributed by atoms with Gasteiger partial charge in [-0.2, -0.15) is 0 Å². The second kappa shape index (κ2) is 3.81. The van der Waals surface area contributed by atoms with E-state index in [1.807, 2.05) is 12.4 Å². The Bertz CT molecular complexity index is 267. The van der Waals surface area contributed by atoms with Crippen molar-refractivity contribution < 1.29 is 4.74 Å². The van der Waals surface area contributed by atoms with Crippen LogP contribution < -0.4 is 5.73 Å². The van der Waals surface area contributed by atoms with Gasteiger partial charge in [0.05, 0.1) is 12.6 Å². The molecule has 70 valence electrons. The molecule has 1 saturated heterocycles. The largest absolute Gasteiger partial charge is 0.373 e. The van der Waals surface area contributed by atoms with Gasteiger partial charge in [0, 0.05) is 24.6 Å². The van der Waals surface area contributed by atoms with Crippen molar-refractivity contribution in [1.29, 1.82) is 0 Å². The van der Waals surface area contributed by atoms with Crippen LogP contribution in [-0.2, 0) is 11.3 Å². The lowest BCUT2D eigenvalue weighted by Crippen LogP contribution is -2.05. The number of ether oxygens (including phenoxy) is 1. The molecule has 1 unspecified atom stereocenters. The maximum atomic E-state index is 5.50. The van der Waals surface area contributed by atoms with Gasteiger partial charge in [0.25, 0.3) is 0 Å². The molecule has 2 heterocycles. The molecule has 0 radical (unpaired) electrons. The van der Waals surface area contributed by atoms with E-state index in [2.05, 4.69) is 9.97 Å². The first kappa shape index (κ1) is 8.59. The highest BCUT2D eigenvalue weighted by molar-refractivity contribution is 5.09. The Morgan fingerprint density at radius 3 is 2.77 bits per heavy atom. The van der Waals surface area contributed by atoms with Crippen LogP contribution in [0.3, 0.4) is 0 Å². The van der Waals surface area contributed by atoms with E-state index in [4.69, 9.17) is 10.5 Å². The smallest absolute Gasteiger partial charge is 0.141 e. The molecule has 1 aromatic heterocycles. The van der Waals surface area contributed by atoms with Crippen molar-refractivity contribution in [2.45, 2.75) is 25.5 Å². The fraction of sp³-hybridized carbons (Fsp3) is 0.556. The van der Waals surface area contributed by atoms with Gasteiger partial charge < -0.3 is 10.5 Å². The van der Waals surface area contributed by atoms with Gasteiger partial charge in [0.1, 0.15) is 5.82 Å². The van der Waals surface area contributed by atoms with Crippen LogP contribution in [0, 0.1) is 0 Å². The number of hydrogen-bond acceptors (Lipinski definition) is 4. The zero-order chi connectivity index (χ0) is 9.10. The summed E-state index contributed by atoms with van der Waals surface area (Å²) in [5, 5.41) is 0. The van der Waals surface area contributed by atoms with Crippen LogP contribution in [0.5, 0.6) is 0 Å². The van der Waals surface area contributed by atoms with E-state index >= 15 is 0 Å². The van der Waals surface area contributed by atoms with Gasteiger partial charge in [-0.25, -0.2) is 9.97 Å². The van der Waals surface area contributed by atoms with Crippen LogP contribution >= 0.6 is 0 Å². The highest BCUT2D eigenvalue weighted by atomic mass is 16.5. The first-order valence-electron chi connectivity index (χ1n) is 4.52. The van der Waals surface area contributed by atoms with Crippen molar-refractivity contribution in [2.24, 2.45) is 5.73 Å². The summed E-state index contributed by atoms with van der Waals surface area (Å²) in [4.78, 5) is 8.25. The predicted octanol–water partition coefficient (Wildman–Crippen LogP) is 0.787. The normalized spacial score (nSPS) is 22.1. The molecule has 2 N–H and O–H groups in total. The molecular formula is C9H13N3O. The van der Waals surface area contributed by atoms with Gasteiger partial charge in [-0.15, -0.1) is 0 Å². The molecule has 13 heavy (non-hydrogen) atoms. The van der Waals surface area contributed by atoms with Gasteiger partial charge in [-0.1, -0.05) is 0 Å². The topological polar surface area (TPSA) is 61.0 Å². The third-order valence-corrected chi connectivity index (χ3v) is 2.21. The fourth-order valence-electron chi connectivity index (χ4n) is 1.48. The number of nitrogens with two attached hydrogens (primary N) is 1. The van der Waals surface area contributed by atoms with Gasteiger partial charge in [0.15, 0.2) is 0 Å². The molecule has 1 atom stereocenters. The zero-order valence-corrected chi connectivity index (χ0v) is 7.44. The van der Waals surface area contributed by atoms with Gasteiger partial charge in [-0.3, -0.25) is 0 Å². The Balaban J connectivity index is 2.12. The summed E-state index contributed by atoms with van der Waals surface area (Å²) in [5.41, 5.74) is 6.46. The summed E-state index contributed by atoms with van der Waals surface area (Å²) in [5.74, 6) is 0.682. The lowest BCUT2D eigenvalue weighted by atomic mass is 10.1. The molecule has 0 aliphatic carbocycles. The molecule has 2 rings (SSSR count). The first-order valence-corrected chi connectivity index (χ1v) is 4.52. The minimum atomic E-state index is 0.201.